The van der Waals surface area contributed by atoms with E-state index in [4.69, 9.17) is 19.7 Å². The summed E-state index contributed by atoms with van der Waals surface area (Å²) in [5, 5.41) is 4.85. The monoisotopic (exact) mass is 821 g/mol. The fraction of sp³-hybridized carbons (Fsp3) is 0.0172. The number of methoxy groups -OCH3 is 1. The minimum Gasteiger partial charge on any atom is -0.497 e. The first-order chi connectivity index (χ1) is 31.7. The highest BCUT2D eigenvalue weighted by Gasteiger charge is 2.17. The number of ether oxygens (including phenoxy) is 1. The zero-order valence-corrected chi connectivity index (χ0v) is 34.9. The van der Waals surface area contributed by atoms with Crippen LogP contribution in [0, 0.1) is 0 Å². The largest absolute Gasteiger partial charge is 0.497 e. The molecule has 0 fully saturated rings. The Morgan fingerprint density at radius 1 is 0.297 bits per heavy atom. The molecule has 0 saturated heterocycles. The standard InChI is InChI=1S/C58H39N5O/c1-64-47-18-12-17-46(37-47)63-53-22-11-9-20-49(53)51-36-44(30-34-55(51)63)39-27-31-45(32-28-39)62-52-21-10-8-19-48(52)50-35-43(29-33-54(50)62)38-23-25-42(26-24-38)58-60-56(40-13-4-2-5-14-40)59-57(61-58)41-15-6-3-7-16-41/h2-37H,1H3. The van der Waals surface area contributed by atoms with Gasteiger partial charge >= 0.3 is 0 Å². The maximum Gasteiger partial charge on any atom is 0.164 e. The molecule has 0 N–H and O–H groups in total. The lowest BCUT2D eigenvalue weighted by Gasteiger charge is -2.11. The Hall–Kier alpha value is -8.61. The first-order valence-corrected chi connectivity index (χ1v) is 21.5. The van der Waals surface area contributed by atoms with Crippen molar-refractivity contribution in [3.8, 4) is 73.5 Å². The van der Waals surface area contributed by atoms with E-state index in [0.717, 1.165) is 56.0 Å². The molecular formula is C58H39N5O. The molecule has 3 heterocycles. The number of para-hydroxylation sites is 2. The van der Waals surface area contributed by atoms with Crippen molar-refractivity contribution in [2.24, 2.45) is 0 Å². The van der Waals surface area contributed by atoms with Gasteiger partial charge < -0.3 is 13.9 Å². The Morgan fingerprint density at radius 2 is 0.703 bits per heavy atom. The predicted molar refractivity (Wildman–Crippen MR) is 262 cm³/mol. The lowest BCUT2D eigenvalue weighted by Crippen LogP contribution is -2.00. The number of benzene rings is 9. The van der Waals surface area contributed by atoms with E-state index >= 15 is 0 Å². The summed E-state index contributed by atoms with van der Waals surface area (Å²) >= 11 is 0. The maximum atomic E-state index is 5.58. The average Bonchev–Trinajstić information content (AvgIpc) is 3.89. The van der Waals surface area contributed by atoms with Crippen LogP contribution in [0.4, 0.5) is 0 Å². The summed E-state index contributed by atoms with van der Waals surface area (Å²) in [5.41, 5.74) is 14.3. The Bertz CT molecular complexity index is 3630. The summed E-state index contributed by atoms with van der Waals surface area (Å²) < 4.78 is 10.3. The summed E-state index contributed by atoms with van der Waals surface area (Å²) in [7, 11) is 1.71. The molecule has 0 radical (unpaired) electrons. The van der Waals surface area contributed by atoms with Crippen LogP contribution in [0.1, 0.15) is 0 Å². The molecule has 0 saturated carbocycles. The van der Waals surface area contributed by atoms with E-state index in [-0.39, 0.29) is 0 Å². The van der Waals surface area contributed by atoms with E-state index in [1.807, 2.05) is 72.8 Å². The number of hydrogen-bond donors (Lipinski definition) is 0. The third kappa shape index (κ3) is 6.39. The summed E-state index contributed by atoms with van der Waals surface area (Å²) in [6.45, 7) is 0. The maximum absolute atomic E-state index is 5.58. The molecule has 6 heteroatoms. The van der Waals surface area contributed by atoms with Crippen molar-refractivity contribution in [2.75, 3.05) is 7.11 Å². The fourth-order valence-corrected chi connectivity index (χ4v) is 9.16. The molecule has 0 atom stereocenters. The van der Waals surface area contributed by atoms with Crippen LogP contribution >= 0.6 is 0 Å². The van der Waals surface area contributed by atoms with Crippen molar-refractivity contribution >= 4 is 43.6 Å². The van der Waals surface area contributed by atoms with Crippen LogP contribution in [-0.4, -0.2) is 31.2 Å². The fourth-order valence-electron chi connectivity index (χ4n) is 9.16. The van der Waals surface area contributed by atoms with Gasteiger partial charge in [0.05, 0.1) is 29.2 Å². The van der Waals surface area contributed by atoms with Crippen LogP contribution in [0.15, 0.2) is 218 Å². The van der Waals surface area contributed by atoms with Gasteiger partial charge in [0.2, 0.25) is 0 Å². The molecule has 0 aliphatic rings. The molecule has 0 aliphatic heterocycles. The Morgan fingerprint density at radius 3 is 1.22 bits per heavy atom. The van der Waals surface area contributed by atoms with Crippen LogP contribution < -0.4 is 4.74 Å². The topological polar surface area (TPSA) is 57.8 Å². The van der Waals surface area contributed by atoms with Crippen molar-refractivity contribution in [2.45, 2.75) is 0 Å². The van der Waals surface area contributed by atoms with E-state index in [2.05, 4.69) is 155 Å². The van der Waals surface area contributed by atoms with Crippen LogP contribution in [-0.2, 0) is 0 Å². The van der Waals surface area contributed by atoms with Crippen molar-refractivity contribution in [3.63, 3.8) is 0 Å². The quantitative estimate of drug-likeness (QED) is 0.153. The minimum atomic E-state index is 0.640. The molecule has 0 amide bonds. The third-order valence-corrected chi connectivity index (χ3v) is 12.3. The number of aromatic nitrogens is 5. The number of hydrogen-bond acceptors (Lipinski definition) is 4. The summed E-state index contributed by atoms with van der Waals surface area (Å²) in [4.78, 5) is 14.7. The molecule has 64 heavy (non-hydrogen) atoms. The van der Waals surface area contributed by atoms with Gasteiger partial charge in [-0.3, -0.25) is 0 Å². The van der Waals surface area contributed by atoms with Crippen molar-refractivity contribution in [1.29, 1.82) is 0 Å². The molecule has 12 rings (SSSR count). The molecule has 12 aromatic rings. The second-order valence-corrected chi connectivity index (χ2v) is 16.0. The van der Waals surface area contributed by atoms with E-state index < -0.39 is 0 Å². The van der Waals surface area contributed by atoms with E-state index in [0.29, 0.717) is 17.5 Å². The van der Waals surface area contributed by atoms with Crippen molar-refractivity contribution in [3.05, 3.63) is 218 Å². The summed E-state index contributed by atoms with van der Waals surface area (Å²) in [5.74, 6) is 2.78. The van der Waals surface area contributed by atoms with Crippen LogP contribution in [0.25, 0.3) is 111 Å². The molecule has 3 aromatic heterocycles. The second kappa shape index (κ2) is 15.4. The first kappa shape index (κ1) is 37.2. The normalized spacial score (nSPS) is 11.5. The highest BCUT2D eigenvalue weighted by molar-refractivity contribution is 6.11. The third-order valence-electron chi connectivity index (χ3n) is 12.3. The molecule has 0 bridgehead atoms. The highest BCUT2D eigenvalue weighted by Crippen LogP contribution is 2.38. The van der Waals surface area contributed by atoms with Gasteiger partial charge in [0.15, 0.2) is 17.5 Å². The zero-order valence-electron chi connectivity index (χ0n) is 34.9. The number of fused-ring (bicyclic) bond motifs is 6. The Balaban J connectivity index is 0.883. The first-order valence-electron chi connectivity index (χ1n) is 21.5. The average molecular weight is 822 g/mol. The SMILES string of the molecule is COc1cccc(-n2c3ccccc3c3cc(-c4ccc(-n5c6ccccc6c6cc(-c7ccc(-c8nc(-c9ccccc9)nc(-c9ccccc9)n8)cc7)ccc65)cc4)ccc32)c1. The van der Waals surface area contributed by atoms with E-state index in [1.165, 1.54) is 43.7 Å². The van der Waals surface area contributed by atoms with Crippen LogP contribution in [0.5, 0.6) is 5.75 Å². The van der Waals surface area contributed by atoms with Crippen molar-refractivity contribution < 1.29 is 4.74 Å². The van der Waals surface area contributed by atoms with Gasteiger partial charge in [-0.2, -0.15) is 0 Å². The van der Waals surface area contributed by atoms with Gasteiger partial charge in [0.25, 0.3) is 0 Å². The zero-order chi connectivity index (χ0) is 42.6. The highest BCUT2D eigenvalue weighted by atomic mass is 16.5. The summed E-state index contributed by atoms with van der Waals surface area (Å²) in [6, 6.07) is 76.8. The van der Waals surface area contributed by atoms with Crippen molar-refractivity contribution in [1.82, 2.24) is 24.1 Å². The molecule has 0 spiro atoms. The predicted octanol–water partition coefficient (Wildman–Crippen LogP) is 14.4. The lowest BCUT2D eigenvalue weighted by molar-refractivity contribution is 0.414. The van der Waals surface area contributed by atoms with E-state index in [1.54, 1.807) is 7.11 Å². The molecular weight excluding hydrogens is 783 g/mol. The van der Waals surface area contributed by atoms with Gasteiger partial charge in [-0.15, -0.1) is 0 Å². The van der Waals surface area contributed by atoms with Gasteiger partial charge in [-0.1, -0.05) is 152 Å². The smallest absolute Gasteiger partial charge is 0.164 e. The van der Waals surface area contributed by atoms with Gasteiger partial charge in [0, 0.05) is 55.7 Å². The van der Waals surface area contributed by atoms with E-state index in [9.17, 15) is 0 Å². The van der Waals surface area contributed by atoms with Crippen LogP contribution in [0.3, 0.4) is 0 Å². The van der Waals surface area contributed by atoms with Gasteiger partial charge in [-0.05, 0) is 82.9 Å². The lowest BCUT2D eigenvalue weighted by atomic mass is 10.0. The van der Waals surface area contributed by atoms with Gasteiger partial charge in [0.1, 0.15) is 5.75 Å². The minimum absolute atomic E-state index is 0.640. The Kier molecular flexibility index (Phi) is 8.94. The van der Waals surface area contributed by atoms with Crippen LogP contribution in [0.2, 0.25) is 0 Å². The van der Waals surface area contributed by atoms with Gasteiger partial charge in [-0.25, -0.2) is 15.0 Å². The molecule has 302 valence electrons. The molecule has 6 nitrogen and oxygen atoms in total. The Labute approximate surface area is 370 Å². The molecule has 9 aromatic carbocycles. The number of rotatable bonds is 8. The molecule has 0 unspecified atom stereocenters. The number of nitrogens with zero attached hydrogens (tertiary/aromatic N) is 5. The summed E-state index contributed by atoms with van der Waals surface area (Å²) in [6.07, 6.45) is 0. The molecule has 0 aliphatic carbocycles. The second-order valence-electron chi connectivity index (χ2n) is 16.0.